The molecule has 1 aliphatic rings. The molecule has 0 aliphatic carbocycles. The molecule has 1 heterocycles. The van der Waals surface area contributed by atoms with Gasteiger partial charge in [0, 0.05) is 25.7 Å². The Hall–Kier alpha value is -2.86. The van der Waals surface area contributed by atoms with E-state index in [9.17, 15) is 4.79 Å². The van der Waals surface area contributed by atoms with Gasteiger partial charge in [-0.25, -0.2) is 4.79 Å². The maximum atomic E-state index is 12.4. The van der Waals surface area contributed by atoms with Crippen LogP contribution in [-0.4, -0.2) is 60.6 Å². The third-order valence-electron chi connectivity index (χ3n) is 4.92. The van der Waals surface area contributed by atoms with Gasteiger partial charge in [0.05, 0.1) is 0 Å². The predicted molar refractivity (Wildman–Crippen MR) is 111 cm³/mol. The molecule has 1 saturated heterocycles. The standard InChI is InChI=1S/C21H27N3O.CH2O2/c1-23(2)20-9-6-14-24(16-20)21(25)22-15-17-10-12-19(13-11-17)18-7-4-3-5-8-18;2-1-3/h3-5,7-8,10-13,20H,6,9,14-16H2,1-2H3,(H,22,25);1H,(H,2,3). The lowest BCUT2D eigenvalue weighted by atomic mass is 10.0. The molecule has 3 rings (SSSR count). The smallest absolute Gasteiger partial charge is 0.317 e. The fraction of sp³-hybridized carbons (Fsp3) is 0.364. The minimum Gasteiger partial charge on any atom is -0.483 e. The van der Waals surface area contributed by atoms with E-state index >= 15 is 0 Å². The van der Waals surface area contributed by atoms with Crippen LogP contribution < -0.4 is 5.32 Å². The van der Waals surface area contributed by atoms with Gasteiger partial charge < -0.3 is 20.2 Å². The molecule has 1 fully saturated rings. The van der Waals surface area contributed by atoms with Crippen molar-refractivity contribution in [2.24, 2.45) is 0 Å². The number of nitrogens with zero attached hydrogens (tertiary/aromatic N) is 2. The van der Waals surface area contributed by atoms with Gasteiger partial charge in [0.2, 0.25) is 0 Å². The van der Waals surface area contributed by atoms with E-state index < -0.39 is 0 Å². The number of urea groups is 1. The molecule has 0 saturated carbocycles. The Labute approximate surface area is 166 Å². The van der Waals surface area contributed by atoms with Crippen LogP contribution in [0.4, 0.5) is 4.79 Å². The SMILES string of the molecule is CN(C)C1CCCN(C(=O)NCc2ccc(-c3ccccc3)cc2)C1.O=CO. The number of piperidine rings is 1. The zero-order chi connectivity index (χ0) is 20.4. The molecule has 6 nitrogen and oxygen atoms in total. The van der Waals surface area contributed by atoms with Crippen molar-refractivity contribution < 1.29 is 14.7 Å². The van der Waals surface area contributed by atoms with Crippen LogP contribution in [0.1, 0.15) is 18.4 Å². The van der Waals surface area contributed by atoms with Crippen LogP contribution in [0.15, 0.2) is 54.6 Å². The molecule has 0 radical (unpaired) electrons. The molecule has 2 aromatic carbocycles. The van der Waals surface area contributed by atoms with Crippen LogP contribution in [-0.2, 0) is 11.3 Å². The van der Waals surface area contributed by atoms with E-state index in [2.05, 4.69) is 60.7 Å². The highest BCUT2D eigenvalue weighted by Gasteiger charge is 2.24. The fourth-order valence-corrected chi connectivity index (χ4v) is 3.30. The molecule has 0 spiro atoms. The number of likely N-dealkylation sites (N-methyl/N-ethyl adjacent to an activating group) is 1. The van der Waals surface area contributed by atoms with Crippen molar-refractivity contribution in [1.29, 1.82) is 0 Å². The molecule has 1 aliphatic heterocycles. The molecule has 6 heteroatoms. The summed E-state index contributed by atoms with van der Waals surface area (Å²) in [6.45, 7) is 1.98. The van der Waals surface area contributed by atoms with Crippen molar-refractivity contribution in [3.05, 3.63) is 60.2 Å². The third kappa shape index (κ3) is 6.39. The Bertz CT molecular complexity index is 732. The summed E-state index contributed by atoms with van der Waals surface area (Å²) in [5.41, 5.74) is 3.52. The summed E-state index contributed by atoms with van der Waals surface area (Å²) < 4.78 is 0. The van der Waals surface area contributed by atoms with Crippen molar-refractivity contribution in [1.82, 2.24) is 15.1 Å². The van der Waals surface area contributed by atoms with Crippen LogP contribution in [0.25, 0.3) is 11.1 Å². The van der Waals surface area contributed by atoms with Gasteiger partial charge in [0.1, 0.15) is 0 Å². The van der Waals surface area contributed by atoms with Crippen LogP contribution >= 0.6 is 0 Å². The number of benzene rings is 2. The number of carbonyl (C=O) groups excluding carboxylic acids is 1. The first-order chi connectivity index (χ1) is 13.5. The average Bonchev–Trinajstić information content (AvgIpc) is 2.73. The summed E-state index contributed by atoms with van der Waals surface area (Å²) in [5.74, 6) is 0. The van der Waals surface area contributed by atoms with Crippen molar-refractivity contribution >= 4 is 12.5 Å². The first-order valence-corrected chi connectivity index (χ1v) is 9.46. The fourth-order valence-electron chi connectivity index (χ4n) is 3.30. The van der Waals surface area contributed by atoms with Gasteiger partial charge in [-0.2, -0.15) is 0 Å². The van der Waals surface area contributed by atoms with Gasteiger partial charge in [-0.3, -0.25) is 4.79 Å². The van der Waals surface area contributed by atoms with E-state index in [-0.39, 0.29) is 12.5 Å². The summed E-state index contributed by atoms with van der Waals surface area (Å²) in [6.07, 6.45) is 2.24. The van der Waals surface area contributed by atoms with Crippen LogP contribution in [0.2, 0.25) is 0 Å². The third-order valence-corrected chi connectivity index (χ3v) is 4.92. The number of nitrogens with one attached hydrogen (secondary N) is 1. The van der Waals surface area contributed by atoms with Crippen LogP contribution in [0.3, 0.4) is 0 Å². The summed E-state index contributed by atoms with van der Waals surface area (Å²) >= 11 is 0. The maximum absolute atomic E-state index is 12.4. The first kappa shape index (κ1) is 21.4. The second-order valence-electron chi connectivity index (χ2n) is 7.03. The highest BCUT2D eigenvalue weighted by atomic mass is 16.3. The first-order valence-electron chi connectivity index (χ1n) is 9.46. The maximum Gasteiger partial charge on any atom is 0.317 e. The average molecular weight is 383 g/mol. The minimum absolute atomic E-state index is 0.0404. The molecule has 150 valence electrons. The number of carbonyl (C=O) groups is 2. The Morgan fingerprint density at radius 2 is 1.75 bits per heavy atom. The van der Waals surface area contributed by atoms with Gasteiger partial charge >= 0.3 is 6.03 Å². The minimum atomic E-state index is -0.250. The second-order valence-corrected chi connectivity index (χ2v) is 7.03. The monoisotopic (exact) mass is 383 g/mol. The van der Waals surface area contributed by atoms with E-state index in [0.717, 1.165) is 31.5 Å². The van der Waals surface area contributed by atoms with Crippen LogP contribution in [0, 0.1) is 0 Å². The number of hydrogen-bond donors (Lipinski definition) is 2. The number of likely N-dealkylation sites (tertiary alicyclic amines) is 1. The highest BCUT2D eigenvalue weighted by molar-refractivity contribution is 5.74. The summed E-state index contributed by atoms with van der Waals surface area (Å²) in [4.78, 5) is 24.9. The Morgan fingerprint density at radius 3 is 2.36 bits per heavy atom. The van der Waals surface area contributed by atoms with Crippen molar-refractivity contribution in [3.8, 4) is 11.1 Å². The van der Waals surface area contributed by atoms with E-state index in [0.29, 0.717) is 12.6 Å². The molecular weight excluding hydrogens is 354 g/mol. The van der Waals surface area contributed by atoms with Gasteiger partial charge in [0.15, 0.2) is 0 Å². The molecule has 0 bridgehead atoms. The molecular formula is C22H29N3O3. The summed E-state index contributed by atoms with van der Waals surface area (Å²) in [5, 5.41) is 9.94. The van der Waals surface area contributed by atoms with Crippen LogP contribution in [0.5, 0.6) is 0 Å². The Morgan fingerprint density at radius 1 is 1.14 bits per heavy atom. The largest absolute Gasteiger partial charge is 0.483 e. The highest BCUT2D eigenvalue weighted by Crippen LogP contribution is 2.19. The molecule has 2 amide bonds. The van der Waals surface area contributed by atoms with E-state index in [4.69, 9.17) is 9.90 Å². The van der Waals surface area contributed by atoms with Crippen molar-refractivity contribution in [2.45, 2.75) is 25.4 Å². The van der Waals surface area contributed by atoms with Crippen molar-refractivity contribution in [3.63, 3.8) is 0 Å². The Kier molecular flexibility index (Phi) is 8.49. The van der Waals surface area contributed by atoms with Gasteiger partial charge in [-0.05, 0) is 43.6 Å². The lowest BCUT2D eigenvalue weighted by Gasteiger charge is -2.36. The van der Waals surface area contributed by atoms with Gasteiger partial charge in [0.25, 0.3) is 6.47 Å². The number of hydrogen-bond acceptors (Lipinski definition) is 3. The molecule has 0 aromatic heterocycles. The Balaban J connectivity index is 0.000000878. The van der Waals surface area contributed by atoms with Gasteiger partial charge in [-0.15, -0.1) is 0 Å². The normalized spacial score (nSPS) is 16.1. The predicted octanol–water partition coefficient (Wildman–Crippen LogP) is 3.29. The van der Waals surface area contributed by atoms with E-state index in [1.807, 2.05) is 23.1 Å². The van der Waals surface area contributed by atoms with E-state index in [1.54, 1.807) is 0 Å². The molecule has 28 heavy (non-hydrogen) atoms. The van der Waals surface area contributed by atoms with Crippen molar-refractivity contribution in [2.75, 3.05) is 27.2 Å². The molecule has 2 aromatic rings. The zero-order valence-electron chi connectivity index (χ0n) is 16.5. The molecule has 1 unspecified atom stereocenters. The molecule has 1 atom stereocenters. The lowest BCUT2D eigenvalue weighted by Crippen LogP contribution is -2.50. The summed E-state index contributed by atoms with van der Waals surface area (Å²) in [7, 11) is 4.17. The van der Waals surface area contributed by atoms with Gasteiger partial charge in [-0.1, -0.05) is 54.6 Å². The topological polar surface area (TPSA) is 72.9 Å². The quantitative estimate of drug-likeness (QED) is 0.795. The number of rotatable bonds is 4. The molecule has 2 N–H and O–H groups in total. The lowest BCUT2D eigenvalue weighted by molar-refractivity contribution is -0.122. The zero-order valence-corrected chi connectivity index (χ0v) is 16.5. The number of amides is 2. The summed E-state index contributed by atoms with van der Waals surface area (Å²) in [6, 6.07) is 19.2. The number of carboxylic acid groups (broad SMARTS) is 1. The second kappa shape index (κ2) is 11.1. The van der Waals surface area contributed by atoms with E-state index in [1.165, 1.54) is 11.1 Å².